The van der Waals surface area contributed by atoms with Crippen molar-refractivity contribution in [3.8, 4) is 0 Å². The van der Waals surface area contributed by atoms with E-state index in [1.54, 1.807) is 4.57 Å². The molecule has 0 spiro atoms. The predicted molar refractivity (Wildman–Crippen MR) is 107 cm³/mol. The Balaban J connectivity index is 1.60. The molecular formula is C20H22BrN3O2. The van der Waals surface area contributed by atoms with E-state index in [0.717, 1.165) is 41.4 Å². The van der Waals surface area contributed by atoms with Crippen LogP contribution in [0.15, 0.2) is 45.8 Å². The Bertz CT molecular complexity index is 1010. The molecule has 6 heteroatoms. The van der Waals surface area contributed by atoms with Crippen LogP contribution in [-0.4, -0.2) is 32.9 Å². The van der Waals surface area contributed by atoms with Crippen LogP contribution in [0, 0.1) is 0 Å². The van der Waals surface area contributed by atoms with Gasteiger partial charge in [0.1, 0.15) is 5.52 Å². The van der Waals surface area contributed by atoms with E-state index in [1.165, 1.54) is 6.42 Å². The molecule has 0 unspecified atom stereocenters. The first-order valence-electron chi connectivity index (χ1n) is 9.22. The molecule has 1 aliphatic rings. The van der Waals surface area contributed by atoms with Crippen LogP contribution in [-0.2, 0) is 11.3 Å². The molecule has 0 saturated carbocycles. The van der Waals surface area contributed by atoms with Crippen LogP contribution >= 0.6 is 15.9 Å². The Morgan fingerprint density at radius 1 is 1.04 bits per heavy atom. The molecule has 2 aromatic heterocycles. The molecule has 1 aromatic carbocycles. The third-order valence-electron chi connectivity index (χ3n) is 5.18. The summed E-state index contributed by atoms with van der Waals surface area (Å²) in [5.74, 6) is 0.215. The zero-order valence-corrected chi connectivity index (χ0v) is 16.2. The van der Waals surface area contributed by atoms with Crippen molar-refractivity contribution in [2.24, 2.45) is 0 Å². The number of amides is 1. The van der Waals surface area contributed by atoms with E-state index < -0.39 is 0 Å². The number of rotatable bonds is 4. The molecule has 136 valence electrons. The molecule has 0 atom stereocenters. The summed E-state index contributed by atoms with van der Waals surface area (Å²) in [5, 5.41) is 0. The largest absolute Gasteiger partial charge is 0.343 e. The zero-order chi connectivity index (χ0) is 18.1. The van der Waals surface area contributed by atoms with E-state index in [4.69, 9.17) is 0 Å². The number of fused-ring (bicyclic) bond motifs is 3. The molecule has 3 heterocycles. The smallest absolute Gasteiger partial charge is 0.275 e. The standard InChI is InChI=1S/C20H22BrN3O2/c21-15-8-9-16-18(14-15)24(20(26)17-6-4-12-23(16)17)13-5-7-19(25)22-10-2-1-3-11-22/h4,6,8-9,12,14H,1-3,5,7,10-11,13H2. The molecule has 1 saturated heterocycles. The van der Waals surface area contributed by atoms with Gasteiger partial charge in [0, 0.05) is 36.7 Å². The van der Waals surface area contributed by atoms with Gasteiger partial charge in [-0.15, -0.1) is 0 Å². The summed E-state index contributed by atoms with van der Waals surface area (Å²) in [7, 11) is 0. The lowest BCUT2D eigenvalue weighted by atomic mass is 10.1. The molecule has 3 aromatic rings. The minimum Gasteiger partial charge on any atom is -0.343 e. The molecule has 4 rings (SSSR count). The maximum Gasteiger partial charge on any atom is 0.275 e. The first kappa shape index (κ1) is 17.3. The minimum absolute atomic E-state index is 0.00831. The number of hydrogen-bond donors (Lipinski definition) is 0. The summed E-state index contributed by atoms with van der Waals surface area (Å²) in [6.07, 6.45) is 6.51. The first-order chi connectivity index (χ1) is 12.6. The lowest BCUT2D eigenvalue weighted by Crippen LogP contribution is -2.35. The minimum atomic E-state index is -0.00831. The van der Waals surface area contributed by atoms with Crippen molar-refractivity contribution in [3.05, 3.63) is 51.4 Å². The molecular weight excluding hydrogens is 394 g/mol. The molecule has 26 heavy (non-hydrogen) atoms. The van der Waals surface area contributed by atoms with Crippen molar-refractivity contribution in [2.45, 2.75) is 38.6 Å². The third kappa shape index (κ3) is 3.18. The number of carbonyl (C=O) groups is 1. The number of likely N-dealkylation sites (tertiary alicyclic amines) is 1. The van der Waals surface area contributed by atoms with Gasteiger partial charge in [0.15, 0.2) is 0 Å². The highest BCUT2D eigenvalue weighted by atomic mass is 79.9. The van der Waals surface area contributed by atoms with Crippen molar-refractivity contribution >= 4 is 38.4 Å². The lowest BCUT2D eigenvalue weighted by molar-refractivity contribution is -0.132. The van der Waals surface area contributed by atoms with E-state index >= 15 is 0 Å². The summed E-state index contributed by atoms with van der Waals surface area (Å²) in [6, 6.07) is 9.71. The fourth-order valence-corrected chi connectivity index (χ4v) is 4.19. The Hall–Kier alpha value is -2.08. The molecule has 5 nitrogen and oxygen atoms in total. The Kier molecular flexibility index (Phi) is 4.85. The topological polar surface area (TPSA) is 46.7 Å². The fourth-order valence-electron chi connectivity index (χ4n) is 3.84. The summed E-state index contributed by atoms with van der Waals surface area (Å²) in [4.78, 5) is 27.3. The molecule has 0 N–H and O–H groups in total. The van der Waals surface area contributed by atoms with Crippen molar-refractivity contribution in [3.63, 3.8) is 0 Å². The van der Waals surface area contributed by atoms with Gasteiger partial charge < -0.3 is 13.9 Å². The monoisotopic (exact) mass is 415 g/mol. The quantitative estimate of drug-likeness (QED) is 0.650. The van der Waals surface area contributed by atoms with E-state index in [0.29, 0.717) is 24.9 Å². The van der Waals surface area contributed by atoms with Gasteiger partial charge in [0.05, 0.1) is 11.0 Å². The SMILES string of the molecule is O=C(CCCn1c(=O)c2cccn2c2ccc(Br)cc21)N1CCCCC1. The van der Waals surface area contributed by atoms with E-state index in [1.807, 2.05) is 45.8 Å². The number of carbonyl (C=O) groups excluding carboxylic acids is 1. The highest BCUT2D eigenvalue weighted by molar-refractivity contribution is 9.10. The molecule has 0 aliphatic carbocycles. The van der Waals surface area contributed by atoms with Gasteiger partial charge >= 0.3 is 0 Å². The molecule has 0 bridgehead atoms. The van der Waals surface area contributed by atoms with Crippen LogP contribution in [0.25, 0.3) is 16.6 Å². The van der Waals surface area contributed by atoms with Crippen molar-refractivity contribution in [1.82, 2.24) is 13.9 Å². The molecule has 0 radical (unpaired) electrons. The van der Waals surface area contributed by atoms with Crippen LogP contribution in [0.2, 0.25) is 0 Å². The summed E-state index contributed by atoms with van der Waals surface area (Å²) < 4.78 is 4.67. The second-order valence-corrected chi connectivity index (χ2v) is 7.81. The van der Waals surface area contributed by atoms with Crippen LogP contribution in [0.3, 0.4) is 0 Å². The van der Waals surface area contributed by atoms with Gasteiger partial charge in [0.25, 0.3) is 5.56 Å². The summed E-state index contributed by atoms with van der Waals surface area (Å²) in [6.45, 7) is 2.31. The fraction of sp³-hybridized carbons (Fsp3) is 0.400. The highest BCUT2D eigenvalue weighted by Gasteiger charge is 2.16. The number of nitrogens with zero attached hydrogens (tertiary/aromatic N) is 3. The third-order valence-corrected chi connectivity index (χ3v) is 5.68. The van der Waals surface area contributed by atoms with Gasteiger partial charge in [-0.1, -0.05) is 15.9 Å². The van der Waals surface area contributed by atoms with E-state index in [9.17, 15) is 9.59 Å². The molecule has 1 fully saturated rings. The van der Waals surface area contributed by atoms with Crippen LogP contribution in [0.1, 0.15) is 32.1 Å². The Morgan fingerprint density at radius 3 is 2.65 bits per heavy atom. The maximum atomic E-state index is 12.9. The second-order valence-electron chi connectivity index (χ2n) is 6.90. The lowest BCUT2D eigenvalue weighted by Gasteiger charge is -2.26. The maximum absolute atomic E-state index is 12.9. The number of benzene rings is 1. The van der Waals surface area contributed by atoms with Crippen molar-refractivity contribution in [1.29, 1.82) is 0 Å². The molecule has 1 amide bonds. The molecule has 1 aliphatic heterocycles. The van der Waals surface area contributed by atoms with Crippen molar-refractivity contribution in [2.75, 3.05) is 13.1 Å². The van der Waals surface area contributed by atoms with Crippen molar-refractivity contribution < 1.29 is 4.79 Å². The van der Waals surface area contributed by atoms with Crippen LogP contribution in [0.4, 0.5) is 0 Å². The number of aromatic nitrogens is 2. The van der Waals surface area contributed by atoms with E-state index in [2.05, 4.69) is 15.9 Å². The Morgan fingerprint density at radius 2 is 1.85 bits per heavy atom. The number of halogens is 1. The average molecular weight is 416 g/mol. The average Bonchev–Trinajstić information content (AvgIpc) is 3.15. The Labute approximate surface area is 160 Å². The van der Waals surface area contributed by atoms with Crippen LogP contribution in [0.5, 0.6) is 0 Å². The van der Waals surface area contributed by atoms with Gasteiger partial charge in [-0.3, -0.25) is 9.59 Å². The summed E-state index contributed by atoms with van der Waals surface area (Å²) >= 11 is 3.50. The van der Waals surface area contributed by atoms with Crippen LogP contribution < -0.4 is 5.56 Å². The predicted octanol–water partition coefficient (Wildman–Crippen LogP) is 3.81. The van der Waals surface area contributed by atoms with E-state index in [-0.39, 0.29) is 11.5 Å². The second kappa shape index (κ2) is 7.27. The van der Waals surface area contributed by atoms with Gasteiger partial charge in [-0.25, -0.2) is 0 Å². The van der Waals surface area contributed by atoms with Gasteiger partial charge in [0.2, 0.25) is 5.91 Å². The first-order valence-corrected chi connectivity index (χ1v) is 10.0. The number of piperidine rings is 1. The highest BCUT2D eigenvalue weighted by Crippen LogP contribution is 2.21. The number of aryl methyl sites for hydroxylation is 1. The van der Waals surface area contributed by atoms with Gasteiger partial charge in [-0.05, 0) is 56.0 Å². The normalized spacial score (nSPS) is 15.0. The number of hydrogen-bond acceptors (Lipinski definition) is 2. The summed E-state index contributed by atoms with van der Waals surface area (Å²) in [5.41, 5.74) is 2.54. The van der Waals surface area contributed by atoms with Gasteiger partial charge in [-0.2, -0.15) is 0 Å². The zero-order valence-electron chi connectivity index (χ0n) is 14.7.